The summed E-state index contributed by atoms with van der Waals surface area (Å²) in [5, 5.41) is 14.5. The van der Waals surface area contributed by atoms with E-state index in [9.17, 15) is 19.7 Å². The lowest BCUT2D eigenvalue weighted by molar-refractivity contribution is -0.385. The number of carbonyl (C=O) groups excluding carboxylic acids is 1. The molecule has 0 amide bonds. The van der Waals surface area contributed by atoms with Crippen LogP contribution in [0.4, 0.5) is 5.69 Å². The van der Waals surface area contributed by atoms with Crippen LogP contribution in [0.25, 0.3) is 5.57 Å². The van der Waals surface area contributed by atoms with Gasteiger partial charge in [0.05, 0.1) is 10.5 Å². The highest BCUT2D eigenvalue weighted by Crippen LogP contribution is 2.33. The molecule has 2 aromatic rings. The highest BCUT2D eigenvalue weighted by molar-refractivity contribution is 6.11. The number of nitro groups is 1. The molecule has 2 rings (SSSR count). The van der Waals surface area contributed by atoms with Gasteiger partial charge in [-0.1, -0.05) is 18.9 Å². The van der Waals surface area contributed by atoms with Gasteiger partial charge in [0.2, 0.25) is 5.78 Å². The lowest BCUT2D eigenvalue weighted by Crippen LogP contribution is -2.22. The fourth-order valence-corrected chi connectivity index (χ4v) is 3.30. The molecule has 0 aliphatic carbocycles. The fourth-order valence-electron chi connectivity index (χ4n) is 3.30. The van der Waals surface area contributed by atoms with Gasteiger partial charge in [-0.05, 0) is 58.2 Å². The second kappa shape index (κ2) is 8.37. The van der Waals surface area contributed by atoms with Gasteiger partial charge in [0, 0.05) is 23.9 Å². The van der Waals surface area contributed by atoms with E-state index in [2.05, 4.69) is 5.10 Å². The lowest BCUT2D eigenvalue weighted by atomic mass is 9.90. The number of ketones is 1. The predicted octanol–water partition coefficient (Wildman–Crippen LogP) is 4.55. The topological polar surface area (TPSA) is 98.0 Å². The third-order valence-electron chi connectivity index (χ3n) is 5.11. The molecule has 0 aliphatic rings. The summed E-state index contributed by atoms with van der Waals surface area (Å²) < 4.78 is 1.45. The van der Waals surface area contributed by atoms with E-state index in [0.29, 0.717) is 28.9 Å². The first-order valence-corrected chi connectivity index (χ1v) is 9.38. The van der Waals surface area contributed by atoms with Crippen molar-refractivity contribution in [3.05, 3.63) is 66.1 Å². The lowest BCUT2D eigenvalue weighted by Gasteiger charge is -2.13. The van der Waals surface area contributed by atoms with E-state index in [-0.39, 0.29) is 16.8 Å². The van der Waals surface area contributed by atoms with E-state index >= 15 is 0 Å². The van der Waals surface area contributed by atoms with Gasteiger partial charge >= 0.3 is 0 Å². The average molecular weight is 385 g/mol. The Hall–Kier alpha value is -2.96. The molecule has 0 bridgehead atoms. The molecule has 150 valence electrons. The minimum Gasteiger partial charge on any atom is -0.299 e. The summed E-state index contributed by atoms with van der Waals surface area (Å²) in [4.78, 5) is 37.0. The molecule has 7 nitrogen and oxygen atoms in total. The fraction of sp³-hybridized carbons (Fsp3) is 0.429. The zero-order chi connectivity index (χ0) is 21.2. The maximum atomic E-state index is 13.2. The summed E-state index contributed by atoms with van der Waals surface area (Å²) in [6, 6.07) is 2.79. The molecule has 0 radical (unpaired) electrons. The molecule has 1 heterocycles. The highest BCUT2D eigenvalue weighted by Gasteiger charge is 2.26. The molecule has 1 N–H and O–H groups in total. The van der Waals surface area contributed by atoms with Gasteiger partial charge in [0.15, 0.2) is 0 Å². The predicted molar refractivity (Wildman–Crippen MR) is 110 cm³/mol. The number of aromatic amines is 1. The van der Waals surface area contributed by atoms with Gasteiger partial charge in [-0.3, -0.25) is 29.5 Å². The standard InChI is InChI=1S/C21H27N3O4/c1-7-8-11-23-21(26)19(15(6)22-23)20(25)16-9-10-17(24(27)28)18(14(16)5)13(4)12(2)3/h9-10,22H,7-8,11H2,1-6H3. The van der Waals surface area contributed by atoms with Crippen molar-refractivity contribution in [1.82, 2.24) is 9.78 Å². The molecule has 0 aliphatic heterocycles. The number of carbonyl (C=O) groups is 1. The molecule has 0 atom stereocenters. The Balaban J connectivity index is 2.67. The number of aryl methyl sites for hydroxylation is 2. The van der Waals surface area contributed by atoms with Crippen LogP contribution in [0.5, 0.6) is 0 Å². The molecule has 0 saturated heterocycles. The van der Waals surface area contributed by atoms with Crippen LogP contribution in [0.15, 0.2) is 22.5 Å². The molecule has 0 fully saturated rings. The van der Waals surface area contributed by atoms with Gasteiger partial charge in [-0.25, -0.2) is 0 Å². The van der Waals surface area contributed by atoms with Crippen LogP contribution < -0.4 is 5.56 Å². The van der Waals surface area contributed by atoms with Crippen LogP contribution in [0.1, 0.15) is 73.3 Å². The number of allylic oxidation sites excluding steroid dienone is 2. The number of hydrogen-bond acceptors (Lipinski definition) is 4. The molecule has 7 heteroatoms. The van der Waals surface area contributed by atoms with Crippen LogP contribution >= 0.6 is 0 Å². The minimum atomic E-state index is -0.442. The minimum absolute atomic E-state index is 0.0427. The van der Waals surface area contributed by atoms with E-state index < -0.39 is 10.7 Å². The number of nitrogens with zero attached hydrogens (tertiary/aromatic N) is 2. The van der Waals surface area contributed by atoms with Crippen molar-refractivity contribution in [3.63, 3.8) is 0 Å². The quantitative estimate of drug-likeness (QED) is 0.429. The third kappa shape index (κ3) is 3.83. The second-order valence-electron chi connectivity index (χ2n) is 7.27. The maximum absolute atomic E-state index is 13.2. The molecular formula is C21H27N3O4. The number of rotatable bonds is 7. The van der Waals surface area contributed by atoms with Crippen LogP contribution in [0, 0.1) is 24.0 Å². The van der Waals surface area contributed by atoms with Crippen LogP contribution in [0.2, 0.25) is 0 Å². The number of benzene rings is 1. The zero-order valence-electron chi connectivity index (χ0n) is 17.3. The zero-order valence-corrected chi connectivity index (χ0v) is 17.3. The summed E-state index contributed by atoms with van der Waals surface area (Å²) in [6.07, 6.45) is 1.76. The van der Waals surface area contributed by atoms with Gasteiger partial charge in [0.1, 0.15) is 5.56 Å². The SMILES string of the molecule is CCCCn1[nH]c(C)c(C(=O)c2ccc([N+](=O)[O-])c(C(C)=C(C)C)c2C)c1=O. The smallest absolute Gasteiger partial charge is 0.278 e. The monoisotopic (exact) mass is 385 g/mol. The van der Waals surface area contributed by atoms with Crippen molar-refractivity contribution in [1.29, 1.82) is 0 Å². The number of nitrogens with one attached hydrogen (secondary N) is 1. The van der Waals surface area contributed by atoms with Crippen molar-refractivity contribution in [2.75, 3.05) is 0 Å². The first kappa shape index (κ1) is 21.3. The molecular weight excluding hydrogens is 358 g/mol. The van der Waals surface area contributed by atoms with Crippen LogP contribution in [-0.4, -0.2) is 20.5 Å². The van der Waals surface area contributed by atoms with Crippen molar-refractivity contribution >= 4 is 17.0 Å². The Kier molecular flexibility index (Phi) is 6.38. The van der Waals surface area contributed by atoms with E-state index in [1.807, 2.05) is 20.8 Å². The van der Waals surface area contributed by atoms with Crippen molar-refractivity contribution < 1.29 is 9.72 Å². The van der Waals surface area contributed by atoms with Crippen LogP contribution in [0.3, 0.4) is 0 Å². The van der Waals surface area contributed by atoms with Crippen molar-refractivity contribution in [2.45, 2.75) is 60.9 Å². The third-order valence-corrected chi connectivity index (χ3v) is 5.11. The Labute approximate surface area is 164 Å². The molecule has 0 spiro atoms. The van der Waals surface area contributed by atoms with Gasteiger partial charge in [-0.2, -0.15) is 0 Å². The normalized spacial score (nSPS) is 10.8. The largest absolute Gasteiger partial charge is 0.299 e. The van der Waals surface area contributed by atoms with E-state index in [1.54, 1.807) is 20.8 Å². The summed E-state index contributed by atoms with van der Waals surface area (Å²) >= 11 is 0. The van der Waals surface area contributed by atoms with Gasteiger partial charge < -0.3 is 0 Å². The summed E-state index contributed by atoms with van der Waals surface area (Å²) in [5.74, 6) is -0.413. The highest BCUT2D eigenvalue weighted by atomic mass is 16.6. The summed E-state index contributed by atoms with van der Waals surface area (Å²) in [5.41, 5.74) is 3.14. The first-order valence-electron chi connectivity index (χ1n) is 9.38. The molecule has 1 aromatic carbocycles. The van der Waals surface area contributed by atoms with E-state index in [1.165, 1.54) is 16.8 Å². The Morgan fingerprint density at radius 1 is 1.18 bits per heavy atom. The van der Waals surface area contributed by atoms with Crippen molar-refractivity contribution in [3.8, 4) is 0 Å². The van der Waals surface area contributed by atoms with Crippen molar-refractivity contribution in [2.24, 2.45) is 0 Å². The number of hydrogen-bond donors (Lipinski definition) is 1. The van der Waals surface area contributed by atoms with Gasteiger partial charge in [0.25, 0.3) is 11.2 Å². The Morgan fingerprint density at radius 3 is 2.36 bits per heavy atom. The van der Waals surface area contributed by atoms with E-state index in [0.717, 1.165) is 24.0 Å². The molecule has 0 saturated carbocycles. The molecule has 28 heavy (non-hydrogen) atoms. The Morgan fingerprint density at radius 2 is 1.82 bits per heavy atom. The van der Waals surface area contributed by atoms with Gasteiger partial charge in [-0.15, -0.1) is 0 Å². The number of nitro benzene ring substituents is 1. The maximum Gasteiger partial charge on any atom is 0.278 e. The summed E-state index contributed by atoms with van der Waals surface area (Å²) in [7, 11) is 0. The first-order chi connectivity index (χ1) is 13.1. The van der Waals surface area contributed by atoms with E-state index in [4.69, 9.17) is 0 Å². The Bertz CT molecular complexity index is 1020. The number of H-pyrrole nitrogens is 1. The second-order valence-corrected chi connectivity index (χ2v) is 7.27. The molecule has 1 aromatic heterocycles. The average Bonchev–Trinajstić information content (AvgIpc) is 2.91. The molecule has 0 unspecified atom stereocenters. The van der Waals surface area contributed by atoms with Crippen LogP contribution in [-0.2, 0) is 6.54 Å². The number of aromatic nitrogens is 2. The number of unbranched alkanes of at least 4 members (excludes halogenated alkanes) is 1. The summed E-state index contributed by atoms with van der Waals surface area (Å²) in [6.45, 7) is 11.5.